The number of carbonyl (C=O) groups is 1. The highest BCUT2D eigenvalue weighted by atomic mass is 16.5. The Morgan fingerprint density at radius 3 is 2.15 bits per heavy atom. The van der Waals surface area contributed by atoms with Crippen LogP contribution in [0.15, 0.2) is 24.4 Å². The van der Waals surface area contributed by atoms with Gasteiger partial charge < -0.3 is 26.0 Å². The number of carbonyl (C=O) groups excluding carboxylic acids is 1. The summed E-state index contributed by atoms with van der Waals surface area (Å²) in [5.41, 5.74) is 11.5. The molecule has 0 aliphatic heterocycles. The molecule has 7 nitrogen and oxygen atoms in total. The molecule has 1 aromatic carbocycles. The molecule has 0 spiro atoms. The molecular formula is C13H15N3O4. The second-order valence-electron chi connectivity index (χ2n) is 4.08. The standard InChI is InChI=1S/C13H15N3O4/c1-19-8-3-7(4-9(5-8)20-2)16-6-10(17)11(12(16)14)13(15)18/h3-6,17H,14H2,1-2H3,(H2,15,18). The van der Waals surface area contributed by atoms with Crippen LogP contribution in [0.3, 0.4) is 0 Å². The summed E-state index contributed by atoms with van der Waals surface area (Å²) in [6.07, 6.45) is 1.31. The first-order valence-electron chi connectivity index (χ1n) is 5.71. The molecule has 0 radical (unpaired) electrons. The van der Waals surface area contributed by atoms with Crippen molar-refractivity contribution in [2.75, 3.05) is 20.0 Å². The molecule has 1 aromatic heterocycles. The molecule has 0 aliphatic rings. The van der Waals surface area contributed by atoms with Crippen molar-refractivity contribution in [1.29, 1.82) is 0 Å². The molecule has 0 bridgehead atoms. The molecule has 1 heterocycles. The average molecular weight is 277 g/mol. The number of methoxy groups -OCH3 is 2. The zero-order valence-corrected chi connectivity index (χ0v) is 11.1. The number of hydrogen-bond donors (Lipinski definition) is 3. The van der Waals surface area contributed by atoms with Crippen LogP contribution in [0, 0.1) is 0 Å². The summed E-state index contributed by atoms with van der Waals surface area (Å²) >= 11 is 0. The van der Waals surface area contributed by atoms with Crippen LogP contribution in [0.1, 0.15) is 10.4 Å². The third-order valence-electron chi connectivity index (χ3n) is 2.88. The van der Waals surface area contributed by atoms with Crippen molar-refractivity contribution in [2.24, 2.45) is 5.73 Å². The summed E-state index contributed by atoms with van der Waals surface area (Å²) in [5.74, 6) is 0.0656. The van der Waals surface area contributed by atoms with Crippen LogP contribution in [-0.4, -0.2) is 29.8 Å². The van der Waals surface area contributed by atoms with Crippen LogP contribution in [0.2, 0.25) is 0 Å². The van der Waals surface area contributed by atoms with Gasteiger partial charge in [-0.1, -0.05) is 0 Å². The van der Waals surface area contributed by atoms with Crippen LogP contribution in [0.5, 0.6) is 17.2 Å². The lowest BCUT2D eigenvalue weighted by molar-refractivity contribution is 0.0999. The Kier molecular flexibility index (Phi) is 3.43. The third-order valence-corrected chi connectivity index (χ3v) is 2.88. The van der Waals surface area contributed by atoms with Crippen molar-refractivity contribution >= 4 is 11.7 Å². The van der Waals surface area contributed by atoms with Gasteiger partial charge in [0, 0.05) is 18.2 Å². The zero-order chi connectivity index (χ0) is 14.9. The van der Waals surface area contributed by atoms with Crippen LogP contribution >= 0.6 is 0 Å². The minimum absolute atomic E-state index is 0.0466. The number of primary amides is 1. The summed E-state index contributed by atoms with van der Waals surface area (Å²) in [6.45, 7) is 0. The van der Waals surface area contributed by atoms with E-state index in [1.165, 1.54) is 25.0 Å². The summed E-state index contributed by atoms with van der Waals surface area (Å²) in [4.78, 5) is 11.3. The van der Waals surface area contributed by atoms with Gasteiger partial charge in [-0.05, 0) is 0 Å². The molecule has 0 unspecified atom stereocenters. The molecule has 1 amide bonds. The molecule has 0 saturated heterocycles. The third kappa shape index (κ3) is 2.20. The van der Waals surface area contributed by atoms with Crippen molar-refractivity contribution in [3.05, 3.63) is 30.0 Å². The van der Waals surface area contributed by atoms with E-state index in [1.807, 2.05) is 0 Å². The van der Waals surface area contributed by atoms with Gasteiger partial charge in [-0.2, -0.15) is 0 Å². The van der Waals surface area contributed by atoms with E-state index in [9.17, 15) is 9.90 Å². The highest BCUT2D eigenvalue weighted by molar-refractivity contribution is 6.00. The Labute approximate surface area is 115 Å². The van der Waals surface area contributed by atoms with E-state index in [0.717, 1.165) is 0 Å². The van der Waals surface area contributed by atoms with Gasteiger partial charge in [-0.25, -0.2) is 0 Å². The minimum atomic E-state index is -0.798. The molecule has 5 N–H and O–H groups in total. The highest BCUT2D eigenvalue weighted by Crippen LogP contribution is 2.32. The number of aromatic hydroxyl groups is 1. The lowest BCUT2D eigenvalue weighted by atomic mass is 10.2. The molecular weight excluding hydrogens is 262 g/mol. The van der Waals surface area contributed by atoms with E-state index in [0.29, 0.717) is 17.2 Å². The first-order chi connectivity index (χ1) is 9.47. The second kappa shape index (κ2) is 5.04. The van der Waals surface area contributed by atoms with Crippen LogP contribution in [0.25, 0.3) is 5.69 Å². The first kappa shape index (κ1) is 13.6. The van der Waals surface area contributed by atoms with Crippen molar-refractivity contribution in [1.82, 2.24) is 4.57 Å². The van der Waals surface area contributed by atoms with Crippen molar-refractivity contribution in [3.63, 3.8) is 0 Å². The van der Waals surface area contributed by atoms with Gasteiger partial charge in [0.1, 0.15) is 28.6 Å². The Bertz CT molecular complexity index is 642. The SMILES string of the molecule is COc1cc(OC)cc(-n2cc(O)c(C(N)=O)c2N)c1. The van der Waals surface area contributed by atoms with Gasteiger partial charge in [0.2, 0.25) is 0 Å². The number of amides is 1. The molecule has 0 fully saturated rings. The van der Waals surface area contributed by atoms with Crippen LogP contribution < -0.4 is 20.9 Å². The fourth-order valence-electron chi connectivity index (χ4n) is 1.91. The van der Waals surface area contributed by atoms with E-state index in [-0.39, 0.29) is 17.1 Å². The van der Waals surface area contributed by atoms with Gasteiger partial charge in [-0.15, -0.1) is 0 Å². The topological polar surface area (TPSA) is 113 Å². The number of nitrogen functional groups attached to an aromatic ring is 1. The fourth-order valence-corrected chi connectivity index (χ4v) is 1.91. The van der Waals surface area contributed by atoms with Gasteiger partial charge in [0.25, 0.3) is 5.91 Å². The summed E-state index contributed by atoms with van der Waals surface area (Å²) in [5, 5.41) is 9.73. The van der Waals surface area contributed by atoms with E-state index >= 15 is 0 Å². The number of aromatic nitrogens is 1. The van der Waals surface area contributed by atoms with Crippen LogP contribution in [-0.2, 0) is 0 Å². The maximum atomic E-state index is 11.3. The normalized spacial score (nSPS) is 10.3. The average Bonchev–Trinajstić information content (AvgIpc) is 2.73. The predicted octanol–water partition coefficient (Wildman–Crippen LogP) is 0.881. The van der Waals surface area contributed by atoms with Gasteiger partial charge >= 0.3 is 0 Å². The Balaban J connectivity index is 2.62. The molecule has 7 heteroatoms. The van der Waals surface area contributed by atoms with Gasteiger partial charge in [-0.3, -0.25) is 9.36 Å². The molecule has 106 valence electrons. The molecule has 0 aliphatic carbocycles. The predicted molar refractivity (Wildman–Crippen MR) is 73.5 cm³/mol. The monoisotopic (exact) mass is 277 g/mol. The molecule has 0 saturated carbocycles. The number of hydrogen-bond acceptors (Lipinski definition) is 5. The smallest absolute Gasteiger partial charge is 0.256 e. The van der Waals surface area contributed by atoms with E-state index in [2.05, 4.69) is 0 Å². The largest absolute Gasteiger partial charge is 0.505 e. The number of anilines is 1. The van der Waals surface area contributed by atoms with E-state index in [1.54, 1.807) is 18.2 Å². The Hall–Kier alpha value is -2.83. The number of benzene rings is 1. The minimum Gasteiger partial charge on any atom is -0.505 e. The first-order valence-corrected chi connectivity index (χ1v) is 5.71. The maximum Gasteiger partial charge on any atom is 0.256 e. The highest BCUT2D eigenvalue weighted by Gasteiger charge is 2.19. The van der Waals surface area contributed by atoms with Crippen molar-refractivity contribution in [2.45, 2.75) is 0 Å². The Morgan fingerprint density at radius 1 is 1.20 bits per heavy atom. The van der Waals surface area contributed by atoms with Crippen LogP contribution in [0.4, 0.5) is 5.82 Å². The summed E-state index contributed by atoms with van der Waals surface area (Å²) in [7, 11) is 3.04. The number of rotatable bonds is 4. The molecule has 2 rings (SSSR count). The van der Waals surface area contributed by atoms with Gasteiger partial charge in [0.15, 0.2) is 0 Å². The lowest BCUT2D eigenvalue weighted by Crippen LogP contribution is -2.13. The molecule has 20 heavy (non-hydrogen) atoms. The Morgan fingerprint density at radius 2 is 1.75 bits per heavy atom. The molecule has 0 atom stereocenters. The number of ether oxygens (including phenoxy) is 2. The van der Waals surface area contributed by atoms with Gasteiger partial charge in [0.05, 0.1) is 26.1 Å². The van der Waals surface area contributed by atoms with Crippen molar-refractivity contribution < 1.29 is 19.4 Å². The lowest BCUT2D eigenvalue weighted by Gasteiger charge is -2.10. The summed E-state index contributed by atoms with van der Waals surface area (Å²) < 4.78 is 11.7. The number of nitrogens with zero attached hydrogens (tertiary/aromatic N) is 1. The fraction of sp³-hybridized carbons (Fsp3) is 0.154. The maximum absolute atomic E-state index is 11.3. The second-order valence-corrected chi connectivity index (χ2v) is 4.08. The zero-order valence-electron chi connectivity index (χ0n) is 11.1. The summed E-state index contributed by atoms with van der Waals surface area (Å²) in [6, 6.07) is 5.06. The quantitative estimate of drug-likeness (QED) is 0.767. The van der Waals surface area contributed by atoms with Crippen molar-refractivity contribution in [3.8, 4) is 22.9 Å². The van der Waals surface area contributed by atoms with E-state index in [4.69, 9.17) is 20.9 Å². The molecule has 2 aromatic rings. The van der Waals surface area contributed by atoms with E-state index < -0.39 is 5.91 Å². The number of nitrogens with two attached hydrogens (primary N) is 2.